The number of hydrogen-bond acceptors (Lipinski definition) is 2. The number of benzene rings is 2. The Balaban J connectivity index is 2.01. The minimum absolute atomic E-state index is 0.662. The van der Waals surface area contributed by atoms with Gasteiger partial charge in [-0.3, -0.25) is 0 Å². The highest BCUT2D eigenvalue weighted by Crippen LogP contribution is 2.39. The highest BCUT2D eigenvalue weighted by Gasteiger charge is 2.13. The molecule has 0 radical (unpaired) electrons. The summed E-state index contributed by atoms with van der Waals surface area (Å²) in [5, 5.41) is 2.78. The zero-order valence-corrected chi connectivity index (χ0v) is 17.8. The lowest BCUT2D eigenvalue weighted by molar-refractivity contribution is 0.297. The van der Waals surface area contributed by atoms with Crippen molar-refractivity contribution in [2.75, 3.05) is 13.2 Å². The van der Waals surface area contributed by atoms with E-state index in [1.165, 1.54) is 51.4 Å². The monoisotopic (exact) mass is 390 g/mol. The average molecular weight is 391 g/mol. The molecule has 0 heterocycles. The van der Waals surface area contributed by atoms with Crippen molar-refractivity contribution >= 4 is 22.4 Å². The molecule has 0 saturated heterocycles. The Kier molecular flexibility index (Phi) is 10.4. The summed E-state index contributed by atoms with van der Waals surface area (Å²) in [6, 6.07) is 10.1. The molecule has 0 N–H and O–H groups in total. The molecule has 0 spiro atoms. The normalized spacial score (nSPS) is 11.1. The topological polar surface area (TPSA) is 18.5 Å². The van der Waals surface area contributed by atoms with Gasteiger partial charge in [-0.05, 0) is 30.4 Å². The lowest BCUT2D eigenvalue weighted by Crippen LogP contribution is -2.01. The van der Waals surface area contributed by atoms with E-state index >= 15 is 0 Å². The van der Waals surface area contributed by atoms with Crippen molar-refractivity contribution < 1.29 is 9.47 Å². The zero-order valence-electron chi connectivity index (χ0n) is 17.1. The maximum atomic E-state index is 6.48. The molecule has 0 bridgehead atoms. The van der Waals surface area contributed by atoms with Gasteiger partial charge in [-0.2, -0.15) is 0 Å². The molecule has 150 valence electrons. The molecule has 0 aliphatic heterocycles. The van der Waals surface area contributed by atoms with Gasteiger partial charge >= 0.3 is 0 Å². The number of fused-ring (bicyclic) bond motifs is 1. The van der Waals surface area contributed by atoms with E-state index in [0.717, 1.165) is 41.7 Å². The lowest BCUT2D eigenvalue weighted by atomic mass is 10.1. The number of rotatable bonds is 14. The van der Waals surface area contributed by atoms with E-state index in [1.807, 2.05) is 24.3 Å². The predicted molar refractivity (Wildman–Crippen MR) is 117 cm³/mol. The predicted octanol–water partition coefficient (Wildman–Crippen LogP) is 8.19. The molecule has 2 nitrogen and oxygen atoms in total. The van der Waals surface area contributed by atoms with Crippen LogP contribution in [0.1, 0.15) is 78.1 Å². The van der Waals surface area contributed by atoms with Crippen LogP contribution in [0.25, 0.3) is 10.8 Å². The van der Waals surface area contributed by atoms with Crippen LogP contribution in [0.5, 0.6) is 11.5 Å². The molecule has 0 atom stereocenters. The Labute approximate surface area is 170 Å². The van der Waals surface area contributed by atoms with Crippen molar-refractivity contribution in [3.8, 4) is 11.5 Å². The maximum Gasteiger partial charge on any atom is 0.149 e. The maximum absolute atomic E-state index is 6.48. The first-order chi connectivity index (χ1) is 13.3. The standard InChI is InChI=1S/C24H35ClO2/c1-3-5-7-9-11-18-26-22-15-13-14-20-16-17-21(25)24(23(20)22)27-19-12-10-8-6-4-2/h13-17H,3-12,18-19H2,1-2H3. The first kappa shape index (κ1) is 21.9. The SMILES string of the molecule is CCCCCCCOc1cccc2ccc(Cl)c(OCCCCCCC)c12. The highest BCUT2D eigenvalue weighted by atomic mass is 35.5. The van der Waals surface area contributed by atoms with Crippen LogP contribution >= 0.6 is 11.6 Å². The smallest absolute Gasteiger partial charge is 0.149 e. The third kappa shape index (κ3) is 7.25. The lowest BCUT2D eigenvalue weighted by Gasteiger charge is -2.15. The third-order valence-corrected chi connectivity index (χ3v) is 5.21. The Bertz CT molecular complexity index is 669. The van der Waals surface area contributed by atoms with Crippen LogP contribution in [0, 0.1) is 0 Å². The van der Waals surface area contributed by atoms with Crippen LogP contribution in [-0.2, 0) is 0 Å². The number of halogens is 1. The second-order valence-electron chi connectivity index (χ2n) is 7.26. The van der Waals surface area contributed by atoms with Gasteiger partial charge in [0.1, 0.15) is 11.5 Å². The van der Waals surface area contributed by atoms with Gasteiger partial charge in [0.25, 0.3) is 0 Å². The van der Waals surface area contributed by atoms with Crippen molar-refractivity contribution in [3.63, 3.8) is 0 Å². The molecule has 2 aromatic carbocycles. The molecule has 0 unspecified atom stereocenters. The van der Waals surface area contributed by atoms with E-state index in [4.69, 9.17) is 21.1 Å². The molecule has 0 saturated carbocycles. The summed E-state index contributed by atoms with van der Waals surface area (Å²) in [4.78, 5) is 0. The van der Waals surface area contributed by atoms with Crippen molar-refractivity contribution in [3.05, 3.63) is 35.4 Å². The van der Waals surface area contributed by atoms with Crippen molar-refractivity contribution in [2.24, 2.45) is 0 Å². The molecule has 27 heavy (non-hydrogen) atoms. The molecule has 3 heteroatoms. The van der Waals surface area contributed by atoms with Crippen LogP contribution < -0.4 is 9.47 Å². The van der Waals surface area contributed by atoms with Gasteiger partial charge < -0.3 is 9.47 Å². The Morgan fingerprint density at radius 2 is 1.33 bits per heavy atom. The highest BCUT2D eigenvalue weighted by molar-refractivity contribution is 6.33. The summed E-state index contributed by atoms with van der Waals surface area (Å²) in [5.74, 6) is 1.65. The van der Waals surface area contributed by atoms with Gasteiger partial charge in [0.15, 0.2) is 0 Å². The molecule has 2 rings (SSSR count). The molecule has 0 aliphatic carbocycles. The number of ether oxygens (including phenoxy) is 2. The van der Waals surface area contributed by atoms with E-state index in [0.29, 0.717) is 11.6 Å². The molecule has 0 amide bonds. The van der Waals surface area contributed by atoms with E-state index in [9.17, 15) is 0 Å². The summed E-state index contributed by atoms with van der Waals surface area (Å²) in [7, 11) is 0. The molecule has 0 aromatic heterocycles. The minimum atomic E-state index is 0.662. The van der Waals surface area contributed by atoms with Crippen LogP contribution in [0.15, 0.2) is 30.3 Å². The first-order valence-corrected chi connectivity index (χ1v) is 11.1. The van der Waals surface area contributed by atoms with Crippen LogP contribution in [-0.4, -0.2) is 13.2 Å². The Morgan fingerprint density at radius 3 is 2.00 bits per heavy atom. The van der Waals surface area contributed by atoms with Gasteiger partial charge in [0.2, 0.25) is 0 Å². The van der Waals surface area contributed by atoms with Crippen molar-refractivity contribution in [1.29, 1.82) is 0 Å². The van der Waals surface area contributed by atoms with Gasteiger partial charge in [0, 0.05) is 0 Å². The fourth-order valence-electron chi connectivity index (χ4n) is 3.32. The largest absolute Gasteiger partial charge is 0.493 e. The molecule has 2 aromatic rings. The fraction of sp³-hybridized carbons (Fsp3) is 0.583. The quantitative estimate of drug-likeness (QED) is 0.302. The summed E-state index contributed by atoms with van der Waals surface area (Å²) in [6.07, 6.45) is 12.3. The molecule has 0 aliphatic rings. The molecule has 0 fully saturated rings. The van der Waals surface area contributed by atoms with E-state index < -0.39 is 0 Å². The fourth-order valence-corrected chi connectivity index (χ4v) is 3.53. The second-order valence-corrected chi connectivity index (χ2v) is 7.66. The van der Waals surface area contributed by atoms with Gasteiger partial charge in [-0.15, -0.1) is 0 Å². The van der Waals surface area contributed by atoms with Crippen LogP contribution in [0.4, 0.5) is 0 Å². The second kappa shape index (κ2) is 12.9. The van der Waals surface area contributed by atoms with E-state index in [2.05, 4.69) is 19.9 Å². The Hall–Kier alpha value is -1.41. The molecular weight excluding hydrogens is 356 g/mol. The van der Waals surface area contributed by atoms with E-state index in [1.54, 1.807) is 0 Å². The minimum Gasteiger partial charge on any atom is -0.493 e. The summed E-state index contributed by atoms with van der Waals surface area (Å²) >= 11 is 6.48. The molecular formula is C24H35ClO2. The number of unbranched alkanes of at least 4 members (excludes halogenated alkanes) is 8. The van der Waals surface area contributed by atoms with Crippen molar-refractivity contribution in [2.45, 2.75) is 78.1 Å². The average Bonchev–Trinajstić information content (AvgIpc) is 2.68. The summed E-state index contributed by atoms with van der Waals surface area (Å²) in [6.45, 7) is 5.92. The van der Waals surface area contributed by atoms with E-state index in [-0.39, 0.29) is 0 Å². The van der Waals surface area contributed by atoms with Crippen LogP contribution in [0.3, 0.4) is 0 Å². The first-order valence-electron chi connectivity index (χ1n) is 10.7. The van der Waals surface area contributed by atoms with Crippen LogP contribution in [0.2, 0.25) is 5.02 Å². The third-order valence-electron chi connectivity index (χ3n) is 4.91. The number of hydrogen-bond donors (Lipinski definition) is 0. The Morgan fingerprint density at radius 1 is 0.704 bits per heavy atom. The summed E-state index contributed by atoms with van der Waals surface area (Å²) < 4.78 is 12.2. The zero-order chi connectivity index (χ0) is 19.3. The summed E-state index contributed by atoms with van der Waals surface area (Å²) in [5.41, 5.74) is 0. The van der Waals surface area contributed by atoms with Gasteiger partial charge in [-0.25, -0.2) is 0 Å². The van der Waals surface area contributed by atoms with Gasteiger partial charge in [-0.1, -0.05) is 95.0 Å². The van der Waals surface area contributed by atoms with Crippen molar-refractivity contribution in [1.82, 2.24) is 0 Å². The van der Waals surface area contributed by atoms with Gasteiger partial charge in [0.05, 0.1) is 23.6 Å².